The average molecular weight is 451 g/mol. The topological polar surface area (TPSA) is 83.1 Å². The molecule has 1 aliphatic heterocycles. The van der Waals surface area contributed by atoms with Gasteiger partial charge in [-0.2, -0.15) is 39.5 Å². The van der Waals surface area contributed by atoms with Gasteiger partial charge in [-0.1, -0.05) is 0 Å². The van der Waals surface area contributed by atoms with Crippen LogP contribution in [0.15, 0.2) is 0 Å². The number of hydrogen-bond donors (Lipinski definition) is 1. The molecule has 1 heterocycles. The number of carbonyl (C=O) groups is 2. The number of amides is 1. The second-order valence-corrected chi connectivity index (χ2v) is 5.55. The van der Waals surface area contributed by atoms with Gasteiger partial charge in [-0.05, 0) is 6.92 Å². The highest BCUT2D eigenvalue weighted by Gasteiger charge is 2.77. The fourth-order valence-electron chi connectivity index (χ4n) is 2.17. The summed E-state index contributed by atoms with van der Waals surface area (Å²) in [6.45, 7) is -2.09. The van der Waals surface area contributed by atoms with E-state index in [9.17, 15) is 49.1 Å². The third-order valence-corrected chi connectivity index (χ3v) is 3.35. The fourth-order valence-corrected chi connectivity index (χ4v) is 2.17. The Morgan fingerprint density at radius 3 is 1.93 bits per heavy atom. The summed E-state index contributed by atoms with van der Waals surface area (Å²) in [5.41, 5.74) is -4.19. The second kappa shape index (κ2) is 8.14. The van der Waals surface area contributed by atoms with E-state index in [1.54, 1.807) is 0 Å². The van der Waals surface area contributed by atoms with Gasteiger partial charge in [0.05, 0.1) is 19.8 Å². The molecule has 1 rings (SSSR count). The van der Waals surface area contributed by atoms with Crippen LogP contribution in [0, 0.1) is 0 Å². The van der Waals surface area contributed by atoms with Gasteiger partial charge in [-0.15, -0.1) is 0 Å². The van der Waals surface area contributed by atoms with Gasteiger partial charge in [0.25, 0.3) is 0 Å². The molecule has 0 unspecified atom stereocenters. The van der Waals surface area contributed by atoms with Crippen LogP contribution in [-0.2, 0) is 28.5 Å². The minimum absolute atomic E-state index is 0.552. The number of alkyl halides is 9. The van der Waals surface area contributed by atoms with Crippen molar-refractivity contribution in [2.75, 3.05) is 19.8 Å². The van der Waals surface area contributed by atoms with Crippen LogP contribution in [0.3, 0.4) is 0 Å². The molecule has 0 radical (unpaired) electrons. The van der Waals surface area contributed by atoms with Gasteiger partial charge in [0, 0.05) is 6.92 Å². The molecule has 1 N–H and O–H groups in total. The van der Waals surface area contributed by atoms with Gasteiger partial charge in [0.1, 0.15) is 6.10 Å². The summed E-state index contributed by atoms with van der Waals surface area (Å²) >= 11 is 0. The Bertz CT molecular complexity index is 603. The second-order valence-electron chi connectivity index (χ2n) is 5.55. The largest absolute Gasteiger partial charge is 0.462 e. The van der Waals surface area contributed by atoms with E-state index >= 15 is 0 Å². The van der Waals surface area contributed by atoms with Crippen LogP contribution in [-0.4, -0.2) is 67.8 Å². The Kier molecular flexibility index (Phi) is 7.08. The van der Waals surface area contributed by atoms with Gasteiger partial charge >= 0.3 is 36.0 Å². The molecule has 0 spiro atoms. The molecule has 0 aromatic carbocycles. The van der Waals surface area contributed by atoms with Crippen molar-refractivity contribution in [3.8, 4) is 0 Å². The van der Waals surface area contributed by atoms with E-state index in [4.69, 9.17) is 0 Å². The van der Waals surface area contributed by atoms with Gasteiger partial charge in [0.2, 0.25) is 5.91 Å². The molecule has 0 bridgehead atoms. The minimum atomic E-state index is -6.13. The molecule has 1 saturated heterocycles. The van der Waals surface area contributed by atoms with Crippen molar-refractivity contribution >= 4 is 11.9 Å². The molecule has 29 heavy (non-hydrogen) atoms. The Morgan fingerprint density at radius 2 is 1.59 bits per heavy atom. The first-order valence-electron chi connectivity index (χ1n) is 7.55. The van der Waals surface area contributed by atoms with Crippen molar-refractivity contribution in [1.82, 2.24) is 5.32 Å². The van der Waals surface area contributed by atoms with E-state index in [0.717, 1.165) is 12.2 Å². The molecule has 170 valence electrons. The monoisotopic (exact) mass is 451 g/mol. The Labute approximate surface area is 156 Å². The van der Waals surface area contributed by atoms with Crippen LogP contribution >= 0.6 is 0 Å². The van der Waals surface area contributed by atoms with Gasteiger partial charge in [0.15, 0.2) is 0 Å². The van der Waals surface area contributed by atoms with Crippen LogP contribution < -0.4 is 5.32 Å². The van der Waals surface area contributed by atoms with Gasteiger partial charge < -0.3 is 24.3 Å². The number of nitrogens with one attached hydrogen (secondary N) is 1. The van der Waals surface area contributed by atoms with Crippen molar-refractivity contribution in [2.24, 2.45) is 0 Å². The first kappa shape index (κ1) is 25.2. The van der Waals surface area contributed by atoms with Crippen molar-refractivity contribution in [2.45, 2.75) is 50.0 Å². The van der Waals surface area contributed by atoms with E-state index in [2.05, 4.69) is 18.9 Å². The summed E-state index contributed by atoms with van der Waals surface area (Å²) in [7, 11) is 0. The zero-order valence-corrected chi connectivity index (χ0v) is 14.5. The smallest absolute Gasteiger partial charge is 0.453 e. The lowest BCUT2D eigenvalue weighted by atomic mass is 10.2. The zero-order chi connectivity index (χ0) is 22.9. The van der Waals surface area contributed by atoms with Crippen LogP contribution in [0.4, 0.5) is 39.5 Å². The zero-order valence-electron chi connectivity index (χ0n) is 14.5. The van der Waals surface area contributed by atoms with Gasteiger partial charge in [-0.3, -0.25) is 4.79 Å². The maximum Gasteiger partial charge on any atom is 0.453 e. The number of esters is 1. The number of ether oxygens (including phenoxy) is 4. The molecule has 0 aromatic heterocycles. The Balaban J connectivity index is 3.15. The van der Waals surface area contributed by atoms with Crippen molar-refractivity contribution in [3.05, 3.63) is 0 Å². The first-order chi connectivity index (χ1) is 12.9. The maximum absolute atomic E-state index is 13.4. The van der Waals surface area contributed by atoms with Crippen LogP contribution in [0.25, 0.3) is 0 Å². The third-order valence-electron chi connectivity index (χ3n) is 3.35. The SMILES string of the molecule is CCOC(=O)[C@](NC(C)=O)(OC[C@H]1COC(C(F)(F)F)(C(F)(F)F)O1)C(F)(F)F. The number of carbonyl (C=O) groups excluding carboxylic acids is 2. The molecule has 1 aliphatic rings. The predicted octanol–water partition coefficient (Wildman–Crippen LogP) is 2.20. The maximum atomic E-state index is 13.4. The number of halogens is 9. The highest BCUT2D eigenvalue weighted by molar-refractivity contribution is 5.86. The summed E-state index contributed by atoms with van der Waals surface area (Å²) in [4.78, 5) is 22.9. The molecular formula is C13H14F9NO6. The molecule has 7 nitrogen and oxygen atoms in total. The summed E-state index contributed by atoms with van der Waals surface area (Å²) in [6, 6.07) is 0. The standard InChI is InChI=1S/C13H14F9NO6/c1-3-26-8(25)9(11(14,15)16,23-6(2)24)27-4-7-5-28-10(29-7,12(17,18)19)13(20,21)22/h7H,3-5H2,1-2H3,(H,23,24)/t7-,9-/m0/s1. The van der Waals surface area contributed by atoms with E-state index in [1.165, 1.54) is 0 Å². The molecule has 2 atom stereocenters. The molecule has 0 saturated carbocycles. The molecule has 16 heteroatoms. The predicted molar refractivity (Wildman–Crippen MR) is 70.9 cm³/mol. The van der Waals surface area contributed by atoms with Gasteiger partial charge in [-0.25, -0.2) is 4.79 Å². The lowest BCUT2D eigenvalue weighted by molar-refractivity contribution is -0.444. The first-order valence-corrected chi connectivity index (χ1v) is 7.55. The summed E-state index contributed by atoms with van der Waals surface area (Å²) < 4.78 is 133. The van der Waals surface area contributed by atoms with E-state index in [0.29, 0.717) is 6.92 Å². The minimum Gasteiger partial charge on any atom is -0.462 e. The van der Waals surface area contributed by atoms with E-state index in [1.807, 2.05) is 0 Å². The van der Waals surface area contributed by atoms with Crippen molar-refractivity contribution < 1.29 is 68.1 Å². The van der Waals surface area contributed by atoms with Crippen LogP contribution in [0.2, 0.25) is 0 Å². The highest BCUT2D eigenvalue weighted by Crippen LogP contribution is 2.50. The van der Waals surface area contributed by atoms with E-state index < -0.39 is 67.8 Å². The summed E-state index contributed by atoms with van der Waals surface area (Å²) in [5.74, 6) is -8.74. The summed E-state index contributed by atoms with van der Waals surface area (Å²) in [5, 5.41) is 1.12. The summed E-state index contributed by atoms with van der Waals surface area (Å²) in [6.07, 6.45) is -20.3. The number of rotatable bonds is 6. The van der Waals surface area contributed by atoms with Crippen molar-refractivity contribution in [3.63, 3.8) is 0 Å². The molecule has 0 aromatic rings. The average Bonchev–Trinajstić information content (AvgIpc) is 2.95. The molecular weight excluding hydrogens is 437 g/mol. The normalized spacial score (nSPS) is 22.1. The quantitative estimate of drug-likeness (QED) is 0.379. The lowest BCUT2D eigenvalue weighted by Crippen LogP contribution is -2.66. The molecule has 1 fully saturated rings. The van der Waals surface area contributed by atoms with Crippen LogP contribution in [0.5, 0.6) is 0 Å². The molecule has 1 amide bonds. The highest BCUT2D eigenvalue weighted by atomic mass is 19.4. The lowest BCUT2D eigenvalue weighted by Gasteiger charge is -2.34. The van der Waals surface area contributed by atoms with E-state index in [-0.39, 0.29) is 0 Å². The Morgan fingerprint density at radius 1 is 1.07 bits per heavy atom. The Hall–Kier alpha value is -1.81. The van der Waals surface area contributed by atoms with Crippen LogP contribution in [0.1, 0.15) is 13.8 Å². The molecule has 0 aliphatic carbocycles. The van der Waals surface area contributed by atoms with Crippen molar-refractivity contribution in [1.29, 1.82) is 0 Å². The third kappa shape index (κ3) is 4.85. The fraction of sp³-hybridized carbons (Fsp3) is 0.846. The number of hydrogen-bond acceptors (Lipinski definition) is 6.